The van der Waals surface area contributed by atoms with E-state index in [0.29, 0.717) is 22.5 Å². The normalized spacial score (nSPS) is 22.2. The number of ether oxygens (including phenoxy) is 1. The van der Waals surface area contributed by atoms with Crippen LogP contribution in [0.4, 0.5) is 5.13 Å². The molecule has 0 fully saturated rings. The highest BCUT2D eigenvalue weighted by atomic mass is 35.5. The molecular formula is C17H17ClN2O2S. The second-order valence-corrected chi connectivity index (χ2v) is 7.81. The lowest BCUT2D eigenvalue weighted by atomic mass is 9.93. The SMILES string of the molecule is CC1CCc2nc(NC(=O)C3Cc4cc(Cl)ccc4O3)sc2C1. The first-order valence-electron chi connectivity index (χ1n) is 7.83. The smallest absolute Gasteiger partial charge is 0.267 e. The lowest BCUT2D eigenvalue weighted by Gasteiger charge is -2.15. The number of carbonyl (C=O) groups excluding carboxylic acids is 1. The molecule has 1 N–H and O–H groups in total. The van der Waals surface area contributed by atoms with Crippen LogP contribution in [0.3, 0.4) is 0 Å². The highest BCUT2D eigenvalue weighted by Gasteiger charge is 2.30. The molecule has 1 aliphatic carbocycles. The Hall–Kier alpha value is -1.59. The Morgan fingerprint density at radius 2 is 2.30 bits per heavy atom. The molecule has 0 saturated carbocycles. The van der Waals surface area contributed by atoms with Crippen LogP contribution in [-0.4, -0.2) is 17.0 Å². The van der Waals surface area contributed by atoms with Crippen LogP contribution in [0.2, 0.25) is 5.02 Å². The fraction of sp³-hybridized carbons (Fsp3) is 0.412. The van der Waals surface area contributed by atoms with E-state index in [9.17, 15) is 4.79 Å². The van der Waals surface area contributed by atoms with Crippen molar-refractivity contribution in [2.45, 2.75) is 38.7 Å². The number of hydrogen-bond donors (Lipinski definition) is 1. The molecule has 1 amide bonds. The number of amides is 1. The average Bonchev–Trinajstić information content (AvgIpc) is 3.09. The van der Waals surface area contributed by atoms with Crippen LogP contribution < -0.4 is 10.1 Å². The number of thiazole rings is 1. The molecule has 0 bridgehead atoms. The molecule has 1 aromatic carbocycles. The number of nitrogens with one attached hydrogen (secondary N) is 1. The summed E-state index contributed by atoms with van der Waals surface area (Å²) in [5.74, 6) is 1.29. The van der Waals surface area contributed by atoms with Gasteiger partial charge in [-0.15, -0.1) is 11.3 Å². The number of halogens is 1. The summed E-state index contributed by atoms with van der Waals surface area (Å²) in [5, 5.41) is 4.26. The first-order valence-corrected chi connectivity index (χ1v) is 9.02. The van der Waals surface area contributed by atoms with Crippen molar-refractivity contribution >= 4 is 34.0 Å². The Morgan fingerprint density at radius 1 is 1.43 bits per heavy atom. The van der Waals surface area contributed by atoms with Crippen LogP contribution in [0, 0.1) is 5.92 Å². The third-order valence-corrected chi connectivity index (χ3v) is 5.68. The van der Waals surface area contributed by atoms with E-state index in [1.807, 2.05) is 12.1 Å². The second-order valence-electron chi connectivity index (χ2n) is 6.29. The first kappa shape index (κ1) is 15.0. The van der Waals surface area contributed by atoms with Gasteiger partial charge in [-0.1, -0.05) is 18.5 Å². The molecule has 2 atom stereocenters. The van der Waals surface area contributed by atoms with Gasteiger partial charge < -0.3 is 4.74 Å². The van der Waals surface area contributed by atoms with Gasteiger partial charge in [0.25, 0.3) is 5.91 Å². The van der Waals surface area contributed by atoms with Crippen molar-refractivity contribution in [2.24, 2.45) is 5.92 Å². The maximum atomic E-state index is 12.4. The first-order chi connectivity index (χ1) is 11.1. The number of anilines is 1. The predicted molar refractivity (Wildman–Crippen MR) is 91.5 cm³/mol. The van der Waals surface area contributed by atoms with Gasteiger partial charge in [0.15, 0.2) is 11.2 Å². The average molecular weight is 349 g/mol. The quantitative estimate of drug-likeness (QED) is 0.896. The zero-order valence-electron chi connectivity index (χ0n) is 12.8. The number of hydrogen-bond acceptors (Lipinski definition) is 4. The molecule has 2 aliphatic rings. The van der Waals surface area contributed by atoms with Crippen LogP contribution in [0.5, 0.6) is 5.75 Å². The fourth-order valence-electron chi connectivity index (χ4n) is 3.14. The van der Waals surface area contributed by atoms with Crippen LogP contribution in [0.15, 0.2) is 18.2 Å². The molecule has 6 heteroatoms. The summed E-state index contributed by atoms with van der Waals surface area (Å²) in [7, 11) is 0. The Balaban J connectivity index is 1.45. The molecule has 0 saturated heterocycles. The molecule has 120 valence electrons. The maximum Gasteiger partial charge on any atom is 0.267 e. The van der Waals surface area contributed by atoms with E-state index < -0.39 is 6.10 Å². The van der Waals surface area contributed by atoms with E-state index in [0.717, 1.165) is 29.8 Å². The molecule has 4 nitrogen and oxygen atoms in total. The lowest BCUT2D eigenvalue weighted by Crippen LogP contribution is -2.31. The number of rotatable bonds is 2. The molecule has 0 radical (unpaired) electrons. The highest BCUT2D eigenvalue weighted by molar-refractivity contribution is 7.15. The molecule has 2 unspecified atom stereocenters. The molecule has 23 heavy (non-hydrogen) atoms. The van der Waals surface area contributed by atoms with E-state index in [-0.39, 0.29) is 5.91 Å². The summed E-state index contributed by atoms with van der Waals surface area (Å²) in [6.45, 7) is 2.26. The van der Waals surface area contributed by atoms with Gasteiger partial charge in [-0.3, -0.25) is 10.1 Å². The fourth-order valence-corrected chi connectivity index (χ4v) is 4.51. The largest absolute Gasteiger partial charge is 0.480 e. The Labute approximate surface area is 143 Å². The van der Waals surface area contributed by atoms with Crippen LogP contribution in [0.25, 0.3) is 0 Å². The van der Waals surface area contributed by atoms with Crippen molar-refractivity contribution in [3.63, 3.8) is 0 Å². The highest BCUT2D eigenvalue weighted by Crippen LogP contribution is 2.34. The third kappa shape index (κ3) is 2.95. The van der Waals surface area contributed by atoms with Gasteiger partial charge in [0.2, 0.25) is 0 Å². The predicted octanol–water partition coefficient (Wildman–Crippen LogP) is 3.86. The van der Waals surface area contributed by atoms with Gasteiger partial charge in [-0.25, -0.2) is 4.98 Å². The molecule has 4 rings (SSSR count). The van der Waals surface area contributed by atoms with E-state index in [4.69, 9.17) is 16.3 Å². The van der Waals surface area contributed by atoms with Gasteiger partial charge in [0, 0.05) is 16.3 Å². The van der Waals surface area contributed by atoms with Gasteiger partial charge in [-0.05, 0) is 48.9 Å². The minimum absolute atomic E-state index is 0.142. The van der Waals surface area contributed by atoms with Gasteiger partial charge in [0.05, 0.1) is 5.69 Å². The van der Waals surface area contributed by atoms with Crippen molar-refractivity contribution in [3.8, 4) is 5.75 Å². The molecule has 1 aromatic heterocycles. The van der Waals surface area contributed by atoms with E-state index in [1.54, 1.807) is 17.4 Å². The number of aryl methyl sites for hydroxylation is 1. The molecule has 2 heterocycles. The summed E-state index contributed by atoms with van der Waals surface area (Å²) in [4.78, 5) is 18.3. The lowest BCUT2D eigenvalue weighted by molar-refractivity contribution is -0.122. The number of aromatic nitrogens is 1. The Morgan fingerprint density at radius 3 is 3.17 bits per heavy atom. The van der Waals surface area contributed by atoms with Gasteiger partial charge >= 0.3 is 0 Å². The van der Waals surface area contributed by atoms with Crippen LogP contribution in [-0.2, 0) is 24.1 Å². The Bertz CT molecular complexity index is 774. The number of benzene rings is 1. The topological polar surface area (TPSA) is 51.2 Å². The van der Waals surface area contributed by atoms with Crippen molar-refractivity contribution < 1.29 is 9.53 Å². The van der Waals surface area contributed by atoms with E-state index in [1.165, 1.54) is 11.3 Å². The van der Waals surface area contributed by atoms with E-state index >= 15 is 0 Å². The van der Waals surface area contributed by atoms with Crippen molar-refractivity contribution in [2.75, 3.05) is 5.32 Å². The van der Waals surface area contributed by atoms with Gasteiger partial charge in [0.1, 0.15) is 5.75 Å². The number of carbonyl (C=O) groups is 1. The van der Waals surface area contributed by atoms with Crippen molar-refractivity contribution in [1.82, 2.24) is 4.98 Å². The monoisotopic (exact) mass is 348 g/mol. The number of fused-ring (bicyclic) bond motifs is 2. The maximum absolute atomic E-state index is 12.4. The van der Waals surface area contributed by atoms with Crippen LogP contribution in [0.1, 0.15) is 29.5 Å². The van der Waals surface area contributed by atoms with Gasteiger partial charge in [-0.2, -0.15) is 0 Å². The van der Waals surface area contributed by atoms with Crippen molar-refractivity contribution in [1.29, 1.82) is 0 Å². The zero-order chi connectivity index (χ0) is 16.0. The molecular weight excluding hydrogens is 332 g/mol. The standard InChI is InChI=1S/C17H17ClN2O2S/c1-9-2-4-12-15(6-9)23-17(19-12)20-16(21)14-8-10-7-11(18)3-5-13(10)22-14/h3,5,7,9,14H,2,4,6,8H2,1H3,(H,19,20,21). The minimum atomic E-state index is -0.511. The van der Waals surface area contributed by atoms with Crippen LogP contribution >= 0.6 is 22.9 Å². The summed E-state index contributed by atoms with van der Waals surface area (Å²) in [5.41, 5.74) is 2.12. The molecule has 2 aromatic rings. The summed E-state index contributed by atoms with van der Waals surface area (Å²) >= 11 is 7.58. The second kappa shape index (κ2) is 5.80. The third-order valence-electron chi connectivity index (χ3n) is 4.41. The minimum Gasteiger partial charge on any atom is -0.480 e. The summed E-state index contributed by atoms with van der Waals surface area (Å²) in [6, 6.07) is 5.44. The number of nitrogens with zero attached hydrogens (tertiary/aromatic N) is 1. The molecule has 1 aliphatic heterocycles. The Kier molecular flexibility index (Phi) is 3.77. The summed E-state index contributed by atoms with van der Waals surface area (Å²) in [6.07, 6.45) is 3.28. The zero-order valence-corrected chi connectivity index (χ0v) is 14.3. The summed E-state index contributed by atoms with van der Waals surface area (Å²) < 4.78 is 5.72. The molecule has 0 spiro atoms. The van der Waals surface area contributed by atoms with Crippen molar-refractivity contribution in [3.05, 3.63) is 39.4 Å². The van der Waals surface area contributed by atoms with E-state index in [2.05, 4.69) is 17.2 Å².